The number of rotatable bonds is 2. The second kappa shape index (κ2) is 3.43. The molecule has 0 fully saturated rings. The fourth-order valence-corrected chi connectivity index (χ4v) is 0.236. The normalized spacial score (nSPS) is 16.2. The zero-order valence-electron chi connectivity index (χ0n) is 4.18. The molecular formula is C2H5N3O2S. The molecule has 2 unspecified atom stereocenters. The van der Waals surface area contributed by atoms with Gasteiger partial charge in [0.2, 0.25) is 0 Å². The Morgan fingerprint density at radius 1 is 2.00 bits per heavy atom. The summed E-state index contributed by atoms with van der Waals surface area (Å²) in [6, 6.07) is 0. The molecule has 0 bridgehead atoms. The zero-order valence-corrected chi connectivity index (χ0v) is 5.00. The minimum Gasteiger partial charge on any atom is -0.306 e. The number of azide groups is 1. The quantitative estimate of drug-likeness (QED) is 0.263. The van der Waals surface area contributed by atoms with Crippen molar-refractivity contribution in [2.75, 3.05) is 0 Å². The highest BCUT2D eigenvalue weighted by Crippen LogP contribution is 1.91. The molecule has 0 aliphatic rings. The van der Waals surface area contributed by atoms with Gasteiger partial charge < -0.3 is 4.55 Å². The summed E-state index contributed by atoms with van der Waals surface area (Å²) in [6.45, 7) is 1.36. The van der Waals surface area contributed by atoms with Crippen molar-refractivity contribution >= 4 is 11.1 Å². The van der Waals surface area contributed by atoms with Crippen molar-refractivity contribution in [3.63, 3.8) is 0 Å². The number of nitrogens with zero attached hydrogens (tertiary/aromatic N) is 3. The summed E-state index contributed by atoms with van der Waals surface area (Å²) in [5.74, 6) is 0. The maximum absolute atomic E-state index is 9.94. The third-order valence-corrected chi connectivity index (χ3v) is 1.18. The molecule has 0 radical (unpaired) electrons. The highest BCUT2D eigenvalue weighted by Gasteiger charge is 2.02. The predicted octanol–water partition coefficient (Wildman–Crippen LogP) is 0.864. The summed E-state index contributed by atoms with van der Waals surface area (Å²) in [6.07, 6.45) is 0. The monoisotopic (exact) mass is 135 g/mol. The molecule has 0 rings (SSSR count). The molecule has 0 aromatic rings. The molecule has 0 amide bonds. The predicted molar refractivity (Wildman–Crippen MR) is 29.4 cm³/mol. The molecule has 5 nitrogen and oxygen atoms in total. The minimum absolute atomic E-state index is 0.847. The van der Waals surface area contributed by atoms with E-state index in [0.29, 0.717) is 0 Å². The topological polar surface area (TPSA) is 86.1 Å². The summed E-state index contributed by atoms with van der Waals surface area (Å²) in [5, 5.41) is 2.11. The van der Waals surface area contributed by atoms with Crippen LogP contribution in [0.3, 0.4) is 0 Å². The molecule has 0 saturated heterocycles. The highest BCUT2D eigenvalue weighted by atomic mass is 32.2. The summed E-state index contributed by atoms with van der Waals surface area (Å²) < 4.78 is 18.1. The van der Waals surface area contributed by atoms with Gasteiger partial charge in [-0.1, -0.05) is 5.11 Å². The van der Waals surface area contributed by atoms with Crippen LogP contribution >= 0.6 is 0 Å². The second-order valence-electron chi connectivity index (χ2n) is 1.08. The van der Waals surface area contributed by atoms with Crippen LogP contribution in [0.2, 0.25) is 0 Å². The number of hydrogen-bond acceptors (Lipinski definition) is 2. The standard InChI is InChI=1S/C2H5N3O2S/c1-2(4-5-3)8(6)7/h2H,1H3,(H,6,7). The Balaban J connectivity index is 3.82. The first-order chi connectivity index (χ1) is 3.68. The van der Waals surface area contributed by atoms with Gasteiger partial charge in [-0.3, -0.25) is 0 Å². The molecule has 6 heteroatoms. The van der Waals surface area contributed by atoms with Crippen LogP contribution in [0.25, 0.3) is 10.4 Å². The lowest BCUT2D eigenvalue weighted by Crippen LogP contribution is -2.03. The summed E-state index contributed by atoms with van der Waals surface area (Å²) in [7, 11) is 0. The molecule has 0 aromatic carbocycles. The first-order valence-corrected chi connectivity index (χ1v) is 2.99. The molecule has 1 N–H and O–H groups in total. The van der Waals surface area contributed by atoms with Crippen molar-refractivity contribution in [2.45, 2.75) is 12.3 Å². The second-order valence-corrected chi connectivity index (χ2v) is 2.31. The van der Waals surface area contributed by atoms with Gasteiger partial charge in [0.1, 0.15) is 5.37 Å². The molecule has 2 atom stereocenters. The average molecular weight is 135 g/mol. The molecule has 0 spiro atoms. The average Bonchev–Trinajstić information content (AvgIpc) is 1.67. The Morgan fingerprint density at radius 2 is 2.50 bits per heavy atom. The van der Waals surface area contributed by atoms with Gasteiger partial charge in [0.25, 0.3) is 0 Å². The van der Waals surface area contributed by atoms with Crippen molar-refractivity contribution in [3.8, 4) is 0 Å². The summed E-state index contributed by atoms with van der Waals surface area (Å²) in [4.78, 5) is 2.33. The van der Waals surface area contributed by atoms with Crippen molar-refractivity contribution in [3.05, 3.63) is 10.4 Å². The molecule has 8 heavy (non-hydrogen) atoms. The largest absolute Gasteiger partial charge is 0.306 e. The number of hydrogen-bond donors (Lipinski definition) is 1. The molecule has 0 heterocycles. The van der Waals surface area contributed by atoms with E-state index in [9.17, 15) is 4.21 Å². The zero-order chi connectivity index (χ0) is 6.57. The van der Waals surface area contributed by atoms with Crippen molar-refractivity contribution in [1.82, 2.24) is 0 Å². The van der Waals surface area contributed by atoms with E-state index in [1.165, 1.54) is 6.92 Å². The highest BCUT2D eigenvalue weighted by molar-refractivity contribution is 7.79. The first kappa shape index (κ1) is 7.42. The summed E-state index contributed by atoms with van der Waals surface area (Å²) in [5.41, 5.74) is 7.70. The van der Waals surface area contributed by atoms with E-state index in [1.807, 2.05) is 0 Å². The molecule has 0 aliphatic carbocycles. The van der Waals surface area contributed by atoms with E-state index in [-0.39, 0.29) is 0 Å². The minimum atomic E-state index is -2.03. The van der Waals surface area contributed by atoms with Gasteiger partial charge in [0.05, 0.1) is 0 Å². The van der Waals surface area contributed by atoms with Crippen LogP contribution in [0.1, 0.15) is 6.92 Å². The van der Waals surface area contributed by atoms with Crippen molar-refractivity contribution < 1.29 is 8.76 Å². The van der Waals surface area contributed by atoms with E-state index >= 15 is 0 Å². The van der Waals surface area contributed by atoms with E-state index in [2.05, 4.69) is 10.0 Å². The maximum Gasteiger partial charge on any atom is 0.161 e. The third kappa shape index (κ3) is 2.57. The van der Waals surface area contributed by atoms with Crippen LogP contribution in [-0.4, -0.2) is 14.1 Å². The van der Waals surface area contributed by atoms with Crippen LogP contribution in [0.5, 0.6) is 0 Å². The van der Waals surface area contributed by atoms with Crippen molar-refractivity contribution in [2.24, 2.45) is 5.11 Å². The van der Waals surface area contributed by atoms with Gasteiger partial charge in [-0.2, -0.15) is 0 Å². The van der Waals surface area contributed by atoms with Gasteiger partial charge in [0.15, 0.2) is 11.1 Å². The van der Waals surface area contributed by atoms with Gasteiger partial charge in [-0.05, 0) is 12.5 Å². The molecule has 0 saturated carbocycles. The van der Waals surface area contributed by atoms with Gasteiger partial charge in [-0.15, -0.1) is 0 Å². The van der Waals surface area contributed by atoms with Gasteiger partial charge >= 0.3 is 0 Å². The molecule has 46 valence electrons. The van der Waals surface area contributed by atoms with E-state index < -0.39 is 16.5 Å². The Kier molecular flexibility index (Phi) is 3.18. The maximum atomic E-state index is 9.94. The molecule has 0 aromatic heterocycles. The Bertz CT molecular complexity index is 138. The Hall–Kier alpha value is -0.580. The smallest absolute Gasteiger partial charge is 0.161 e. The summed E-state index contributed by atoms with van der Waals surface area (Å²) >= 11 is -2.03. The van der Waals surface area contributed by atoms with Crippen LogP contribution in [0.4, 0.5) is 0 Å². The van der Waals surface area contributed by atoms with Crippen LogP contribution in [0.15, 0.2) is 5.11 Å². The lowest BCUT2D eigenvalue weighted by Gasteiger charge is -1.91. The fraction of sp³-hybridized carbons (Fsp3) is 1.00. The van der Waals surface area contributed by atoms with Crippen LogP contribution < -0.4 is 0 Å². The lowest BCUT2D eigenvalue weighted by molar-refractivity contribution is 0.552. The van der Waals surface area contributed by atoms with Gasteiger partial charge in [0, 0.05) is 4.91 Å². The van der Waals surface area contributed by atoms with Gasteiger partial charge in [-0.25, -0.2) is 4.21 Å². The Labute approximate surface area is 48.6 Å². The molecular weight excluding hydrogens is 130 g/mol. The Morgan fingerprint density at radius 3 is 2.62 bits per heavy atom. The fourth-order valence-electron chi connectivity index (χ4n) is 0.113. The molecule has 0 aliphatic heterocycles. The lowest BCUT2D eigenvalue weighted by atomic mass is 10.8. The van der Waals surface area contributed by atoms with E-state index in [0.717, 1.165) is 0 Å². The van der Waals surface area contributed by atoms with Crippen LogP contribution in [0, 0.1) is 0 Å². The van der Waals surface area contributed by atoms with E-state index in [1.54, 1.807) is 0 Å². The SMILES string of the molecule is CC(N=[N+]=[N-])S(=O)O. The first-order valence-electron chi connectivity index (χ1n) is 1.82. The van der Waals surface area contributed by atoms with Crippen LogP contribution in [-0.2, 0) is 11.1 Å². The van der Waals surface area contributed by atoms with Crippen molar-refractivity contribution in [1.29, 1.82) is 0 Å². The van der Waals surface area contributed by atoms with E-state index in [4.69, 9.17) is 10.1 Å². The third-order valence-electron chi connectivity index (χ3n) is 0.506.